The number of epoxide rings is 2. The Morgan fingerprint density at radius 1 is 1.28 bits per heavy atom. The molecule has 0 aromatic heterocycles. The van der Waals surface area contributed by atoms with E-state index in [9.17, 15) is 9.59 Å². The zero-order valence-corrected chi connectivity index (χ0v) is 21.8. The molecule has 1 saturated carbocycles. The lowest BCUT2D eigenvalue weighted by molar-refractivity contribution is -0.118. The fourth-order valence-electron chi connectivity index (χ4n) is 5.39. The van der Waals surface area contributed by atoms with Gasteiger partial charge in [-0.15, -0.1) is 0 Å². The van der Waals surface area contributed by atoms with Gasteiger partial charge in [0.15, 0.2) is 0 Å². The number of hydrogen-bond donors (Lipinski definition) is 3. The Hall–Kier alpha value is -2.46. The van der Waals surface area contributed by atoms with E-state index in [1.165, 1.54) is 5.57 Å². The SMILES string of the molecule is CO[C@H]1[C@H](C2(C)O[C@@H]2CC=C(C)C)[C@]2(CC[C@H]1OC(=O)NCc1ccc(NC(=O)[C@H](C)N)cc1)CO2. The van der Waals surface area contributed by atoms with Crippen molar-refractivity contribution in [2.24, 2.45) is 11.7 Å². The van der Waals surface area contributed by atoms with Gasteiger partial charge < -0.3 is 35.3 Å². The zero-order chi connectivity index (χ0) is 26.1. The Balaban J connectivity index is 1.33. The van der Waals surface area contributed by atoms with E-state index < -0.39 is 18.2 Å². The summed E-state index contributed by atoms with van der Waals surface area (Å²) < 4.78 is 24.0. The number of methoxy groups -OCH3 is 1. The van der Waals surface area contributed by atoms with E-state index in [1.807, 2.05) is 12.1 Å². The van der Waals surface area contributed by atoms with Crippen LogP contribution in [0.25, 0.3) is 0 Å². The van der Waals surface area contributed by atoms with Crippen molar-refractivity contribution in [3.63, 3.8) is 0 Å². The monoisotopic (exact) mass is 501 g/mol. The third-order valence-corrected chi connectivity index (χ3v) is 7.57. The lowest BCUT2D eigenvalue weighted by atomic mass is 9.68. The number of allylic oxidation sites excluding steroid dienone is 1. The van der Waals surface area contributed by atoms with E-state index in [4.69, 9.17) is 24.7 Å². The number of hydrogen-bond acceptors (Lipinski definition) is 7. The van der Waals surface area contributed by atoms with Gasteiger partial charge in [-0.05, 0) is 64.7 Å². The average Bonchev–Trinajstić information content (AvgIpc) is 3.75. The number of carbonyl (C=O) groups excluding carboxylic acids is 2. The van der Waals surface area contributed by atoms with Crippen molar-refractivity contribution in [3.8, 4) is 0 Å². The molecule has 2 saturated heterocycles. The van der Waals surface area contributed by atoms with Gasteiger partial charge in [0.05, 0.1) is 24.7 Å². The maximum Gasteiger partial charge on any atom is 0.407 e. The summed E-state index contributed by atoms with van der Waals surface area (Å²) in [5, 5.41) is 5.56. The van der Waals surface area contributed by atoms with Gasteiger partial charge in [-0.1, -0.05) is 23.8 Å². The van der Waals surface area contributed by atoms with Crippen LogP contribution < -0.4 is 16.4 Å². The lowest BCUT2D eigenvalue weighted by Crippen LogP contribution is -2.56. The van der Waals surface area contributed by atoms with Crippen molar-refractivity contribution in [3.05, 3.63) is 41.5 Å². The number of alkyl carbamates (subject to hydrolysis) is 1. The first kappa shape index (κ1) is 26.6. The van der Waals surface area contributed by atoms with Crippen LogP contribution in [-0.2, 0) is 30.3 Å². The second-order valence-corrected chi connectivity index (χ2v) is 10.6. The van der Waals surface area contributed by atoms with Crippen LogP contribution in [-0.4, -0.2) is 61.3 Å². The minimum Gasteiger partial charge on any atom is -0.443 e. The zero-order valence-electron chi connectivity index (χ0n) is 21.8. The molecule has 3 aliphatic rings. The van der Waals surface area contributed by atoms with Crippen molar-refractivity contribution in [1.29, 1.82) is 0 Å². The van der Waals surface area contributed by atoms with Crippen LogP contribution in [0.5, 0.6) is 0 Å². The summed E-state index contributed by atoms with van der Waals surface area (Å²) in [7, 11) is 1.66. The molecule has 1 aliphatic carbocycles. The largest absolute Gasteiger partial charge is 0.443 e. The Morgan fingerprint density at radius 3 is 2.56 bits per heavy atom. The molecule has 9 nitrogen and oxygen atoms in total. The van der Waals surface area contributed by atoms with E-state index in [1.54, 1.807) is 26.2 Å². The van der Waals surface area contributed by atoms with Gasteiger partial charge in [0.2, 0.25) is 5.91 Å². The highest BCUT2D eigenvalue weighted by Gasteiger charge is 2.72. The Kier molecular flexibility index (Phi) is 7.75. The molecule has 0 radical (unpaired) electrons. The van der Waals surface area contributed by atoms with Gasteiger partial charge in [0, 0.05) is 19.3 Å². The minimum atomic E-state index is -0.588. The summed E-state index contributed by atoms with van der Waals surface area (Å²) >= 11 is 0. The van der Waals surface area contributed by atoms with Crippen LogP contribution in [0.15, 0.2) is 35.9 Å². The van der Waals surface area contributed by atoms with Crippen molar-refractivity contribution in [1.82, 2.24) is 5.32 Å². The van der Waals surface area contributed by atoms with Crippen molar-refractivity contribution < 1.29 is 28.5 Å². The smallest absolute Gasteiger partial charge is 0.407 e. The number of nitrogens with two attached hydrogens (primary N) is 1. The highest BCUT2D eigenvalue weighted by Crippen LogP contribution is 2.59. The second kappa shape index (κ2) is 10.5. The van der Waals surface area contributed by atoms with E-state index >= 15 is 0 Å². The molecule has 3 fully saturated rings. The van der Waals surface area contributed by atoms with Crippen molar-refractivity contribution in [2.75, 3.05) is 19.0 Å². The molecule has 4 rings (SSSR count). The van der Waals surface area contributed by atoms with Gasteiger partial charge in [-0.25, -0.2) is 4.79 Å². The van der Waals surface area contributed by atoms with Crippen LogP contribution in [0.1, 0.15) is 52.5 Å². The summed E-state index contributed by atoms with van der Waals surface area (Å²) in [6.45, 7) is 8.90. The molecule has 0 bridgehead atoms. The molecular formula is C27H39N3O6. The Bertz CT molecular complexity index is 986. The van der Waals surface area contributed by atoms with Gasteiger partial charge in [0.1, 0.15) is 23.4 Å². The molecule has 2 amide bonds. The topological polar surface area (TPSA) is 128 Å². The first-order valence-electron chi connectivity index (χ1n) is 12.7. The van der Waals surface area contributed by atoms with Crippen LogP contribution in [0.4, 0.5) is 10.5 Å². The van der Waals surface area contributed by atoms with Crippen LogP contribution >= 0.6 is 0 Å². The van der Waals surface area contributed by atoms with Gasteiger partial charge in [0.25, 0.3) is 0 Å². The van der Waals surface area contributed by atoms with Gasteiger partial charge in [-0.2, -0.15) is 0 Å². The normalized spacial score (nSPS) is 33.4. The molecular weight excluding hydrogens is 462 g/mol. The van der Waals surface area contributed by atoms with Crippen LogP contribution in [0.2, 0.25) is 0 Å². The summed E-state index contributed by atoms with van der Waals surface area (Å²) in [4.78, 5) is 24.4. The fraction of sp³-hybridized carbons (Fsp3) is 0.630. The first-order valence-corrected chi connectivity index (χ1v) is 12.7. The number of anilines is 1. The predicted octanol–water partition coefficient (Wildman–Crippen LogP) is 3.27. The molecule has 1 aromatic rings. The fourth-order valence-corrected chi connectivity index (χ4v) is 5.39. The van der Waals surface area contributed by atoms with E-state index in [0.717, 1.165) is 18.4 Å². The number of nitrogens with one attached hydrogen (secondary N) is 2. The summed E-state index contributed by atoms with van der Waals surface area (Å²) in [6.07, 6.45) is 3.42. The third-order valence-electron chi connectivity index (χ3n) is 7.57. The highest BCUT2D eigenvalue weighted by atomic mass is 16.6. The maximum absolute atomic E-state index is 12.7. The summed E-state index contributed by atoms with van der Waals surface area (Å²) in [5.41, 5.74) is 7.73. The maximum atomic E-state index is 12.7. The second-order valence-electron chi connectivity index (χ2n) is 10.6. The Labute approximate surface area is 213 Å². The molecule has 1 unspecified atom stereocenters. The Morgan fingerprint density at radius 2 is 1.97 bits per heavy atom. The molecule has 4 N–H and O–H groups in total. The van der Waals surface area contributed by atoms with E-state index in [-0.39, 0.29) is 35.2 Å². The third kappa shape index (κ3) is 5.75. The van der Waals surface area contributed by atoms with Gasteiger partial charge >= 0.3 is 6.09 Å². The predicted molar refractivity (Wildman–Crippen MR) is 135 cm³/mol. The first-order chi connectivity index (χ1) is 17.1. The van der Waals surface area contributed by atoms with E-state index in [0.29, 0.717) is 25.3 Å². The standard InChI is InChI=1S/C27H39N3O6/c1-16(2)6-11-21-26(4,36-21)23-22(33-5)20(12-13-27(23)15-34-27)35-25(32)29-14-18-7-9-19(10-8-18)30-24(31)17(3)28/h6-10,17,20-23H,11-15,28H2,1-5H3,(H,29,32)(H,30,31)/t17-,20+,21+,22+,23+,26?,27-/m0/s1. The summed E-state index contributed by atoms with van der Waals surface area (Å²) in [5.74, 6) is -0.272. The lowest BCUT2D eigenvalue weighted by Gasteiger charge is -2.42. The molecule has 1 aromatic carbocycles. The molecule has 1 spiro atoms. The quantitative estimate of drug-likeness (QED) is 0.350. The number of benzene rings is 1. The van der Waals surface area contributed by atoms with Gasteiger partial charge in [-0.3, -0.25) is 4.79 Å². The molecule has 198 valence electrons. The van der Waals surface area contributed by atoms with Crippen LogP contribution in [0, 0.1) is 5.92 Å². The molecule has 7 atom stereocenters. The molecule has 2 heterocycles. The van der Waals surface area contributed by atoms with Crippen molar-refractivity contribution in [2.45, 2.75) is 89.1 Å². The van der Waals surface area contributed by atoms with Crippen molar-refractivity contribution >= 4 is 17.7 Å². The summed E-state index contributed by atoms with van der Waals surface area (Å²) in [6, 6.07) is 6.61. The van der Waals surface area contributed by atoms with E-state index in [2.05, 4.69) is 37.5 Å². The number of carbonyl (C=O) groups is 2. The minimum absolute atomic E-state index is 0.0175. The molecule has 36 heavy (non-hydrogen) atoms. The highest BCUT2D eigenvalue weighted by molar-refractivity contribution is 5.94. The average molecular weight is 502 g/mol. The number of rotatable bonds is 9. The number of amides is 2. The van der Waals surface area contributed by atoms with Crippen LogP contribution in [0.3, 0.4) is 0 Å². The molecule has 9 heteroatoms. The number of ether oxygens (including phenoxy) is 4. The molecule has 2 aliphatic heterocycles.